The van der Waals surface area contributed by atoms with E-state index in [1.165, 1.54) is 29.5 Å². The Labute approximate surface area is 226 Å². The number of aryl methyl sites for hydroxylation is 2. The summed E-state index contributed by atoms with van der Waals surface area (Å²) in [7, 11) is 0. The summed E-state index contributed by atoms with van der Waals surface area (Å²) in [4.78, 5) is 23.1. The number of alkyl halides is 3. The lowest BCUT2D eigenvalue weighted by molar-refractivity contribution is -0.274. The summed E-state index contributed by atoms with van der Waals surface area (Å²) in [6.07, 6.45) is -2.86. The third-order valence-corrected chi connectivity index (χ3v) is 7.56. The van der Waals surface area contributed by atoms with E-state index in [1.807, 2.05) is 24.9 Å². The predicted molar refractivity (Wildman–Crippen MR) is 142 cm³/mol. The Bertz CT molecular complexity index is 1500. The molecule has 1 aliphatic heterocycles. The second kappa shape index (κ2) is 10.4. The van der Waals surface area contributed by atoms with E-state index in [9.17, 15) is 18.0 Å². The van der Waals surface area contributed by atoms with Crippen LogP contribution in [0.15, 0.2) is 48.7 Å². The molecule has 0 unspecified atom stereocenters. The van der Waals surface area contributed by atoms with Crippen molar-refractivity contribution in [2.45, 2.75) is 39.7 Å². The van der Waals surface area contributed by atoms with Gasteiger partial charge in [0.25, 0.3) is 5.91 Å². The summed E-state index contributed by atoms with van der Waals surface area (Å²) in [5, 5.41) is 2.86. The summed E-state index contributed by atoms with van der Waals surface area (Å²) in [6.45, 7) is 7.53. The Morgan fingerprint density at radius 3 is 2.56 bits per heavy atom. The molecule has 12 heteroatoms. The maximum atomic E-state index is 15.1. The van der Waals surface area contributed by atoms with Crippen LogP contribution in [0.4, 0.5) is 28.9 Å². The van der Waals surface area contributed by atoms with Gasteiger partial charge < -0.3 is 19.9 Å². The van der Waals surface area contributed by atoms with Gasteiger partial charge >= 0.3 is 6.36 Å². The highest BCUT2D eigenvalue weighted by Gasteiger charge is 2.31. The average Bonchev–Trinajstić information content (AvgIpc) is 3.36. The molecule has 3 heterocycles. The highest BCUT2D eigenvalue weighted by Crippen LogP contribution is 2.29. The van der Waals surface area contributed by atoms with Gasteiger partial charge in [-0.1, -0.05) is 6.07 Å². The molecule has 1 amide bonds. The van der Waals surface area contributed by atoms with Gasteiger partial charge in [0, 0.05) is 49.0 Å². The molecule has 5 rings (SSSR count). The molecule has 2 aromatic heterocycles. The van der Waals surface area contributed by atoms with Crippen LogP contribution in [0.1, 0.15) is 33.5 Å². The van der Waals surface area contributed by atoms with Crippen LogP contribution in [0.2, 0.25) is 0 Å². The number of rotatable bonds is 6. The number of hydrogen-bond acceptors (Lipinski definition) is 6. The van der Waals surface area contributed by atoms with Crippen molar-refractivity contribution in [3.8, 4) is 5.75 Å². The van der Waals surface area contributed by atoms with Crippen LogP contribution in [0.25, 0.3) is 4.96 Å². The van der Waals surface area contributed by atoms with Gasteiger partial charge in [-0.25, -0.2) is 9.37 Å². The molecule has 39 heavy (non-hydrogen) atoms. The van der Waals surface area contributed by atoms with Crippen LogP contribution in [0.3, 0.4) is 0 Å². The van der Waals surface area contributed by atoms with E-state index in [1.54, 1.807) is 35.6 Å². The van der Waals surface area contributed by atoms with Crippen molar-refractivity contribution in [3.05, 3.63) is 76.3 Å². The van der Waals surface area contributed by atoms with Crippen LogP contribution in [0, 0.1) is 19.7 Å². The van der Waals surface area contributed by atoms with E-state index in [4.69, 9.17) is 0 Å². The van der Waals surface area contributed by atoms with E-state index in [0.717, 1.165) is 15.5 Å². The molecule has 2 aromatic carbocycles. The number of nitrogens with one attached hydrogen (secondary N) is 1. The molecule has 0 radical (unpaired) electrons. The lowest BCUT2D eigenvalue weighted by atomic mass is 10.1. The maximum Gasteiger partial charge on any atom is 0.573 e. The van der Waals surface area contributed by atoms with Gasteiger partial charge in [0.2, 0.25) is 0 Å². The molecule has 206 valence electrons. The first-order valence-corrected chi connectivity index (χ1v) is 13.2. The largest absolute Gasteiger partial charge is 0.573 e. The zero-order chi connectivity index (χ0) is 27.9. The number of thiazole rings is 1. The van der Waals surface area contributed by atoms with Crippen molar-refractivity contribution in [1.82, 2.24) is 14.7 Å². The van der Waals surface area contributed by atoms with E-state index < -0.39 is 6.36 Å². The van der Waals surface area contributed by atoms with Crippen LogP contribution >= 0.6 is 11.3 Å². The van der Waals surface area contributed by atoms with Crippen molar-refractivity contribution >= 4 is 33.6 Å². The molecule has 0 aliphatic carbocycles. The number of imidazole rings is 1. The zero-order valence-corrected chi connectivity index (χ0v) is 22.4. The molecule has 1 N–H and O–H groups in total. The Hall–Kier alpha value is -3.80. The van der Waals surface area contributed by atoms with Crippen LogP contribution < -0.4 is 19.9 Å². The zero-order valence-electron chi connectivity index (χ0n) is 21.6. The first-order chi connectivity index (χ1) is 18.5. The van der Waals surface area contributed by atoms with Crippen LogP contribution in [0.5, 0.6) is 5.75 Å². The number of aromatic nitrogens is 2. The highest BCUT2D eigenvalue weighted by molar-refractivity contribution is 7.17. The van der Waals surface area contributed by atoms with Gasteiger partial charge in [-0.15, -0.1) is 24.5 Å². The predicted octanol–water partition coefficient (Wildman–Crippen LogP) is 5.70. The van der Waals surface area contributed by atoms with E-state index in [0.29, 0.717) is 42.3 Å². The number of carbonyl (C=O) groups is 1. The van der Waals surface area contributed by atoms with Crippen molar-refractivity contribution in [2.24, 2.45) is 0 Å². The molecule has 0 spiro atoms. The van der Waals surface area contributed by atoms with Gasteiger partial charge in [-0.2, -0.15) is 0 Å². The molecule has 0 saturated carbocycles. The quantitative estimate of drug-likeness (QED) is 0.306. The number of ether oxygens (including phenoxy) is 1. The summed E-state index contributed by atoms with van der Waals surface area (Å²) < 4.78 is 58.2. The number of benzene rings is 2. The summed E-state index contributed by atoms with van der Waals surface area (Å²) in [6, 6.07) is 10.7. The number of hydrogen-bond donors (Lipinski definition) is 1. The van der Waals surface area contributed by atoms with E-state index in [2.05, 4.69) is 19.9 Å². The number of carbonyl (C=O) groups excluding carboxylic acids is 1. The number of fused-ring (bicyclic) bond motifs is 1. The Balaban J connectivity index is 1.20. The minimum Gasteiger partial charge on any atom is -0.406 e. The third kappa shape index (κ3) is 5.80. The standard InChI is InChI=1S/C27H27F4N5O2S/c1-16-14-34(10-11-35(16)20-5-7-21(8-6-20)38-27(29,30)31)23-9-4-19(12-22(23)28)13-32-25(37)24-18(3)33-26-36(24)15-17(2)39-26/h4-9,12,15-16H,10-11,13-14H2,1-3H3,(H,32,37)/t16-/m0/s1. The van der Waals surface area contributed by atoms with Gasteiger partial charge in [0.1, 0.15) is 17.3 Å². The van der Waals surface area contributed by atoms with E-state index in [-0.39, 0.29) is 30.1 Å². The number of anilines is 2. The molecule has 1 atom stereocenters. The Morgan fingerprint density at radius 2 is 1.90 bits per heavy atom. The monoisotopic (exact) mass is 561 g/mol. The minimum atomic E-state index is -4.74. The highest BCUT2D eigenvalue weighted by atomic mass is 32.1. The van der Waals surface area contributed by atoms with Gasteiger partial charge in [-0.05, 0) is 62.7 Å². The molecule has 1 aliphatic rings. The first kappa shape index (κ1) is 26.8. The van der Waals surface area contributed by atoms with Crippen LogP contribution in [-0.4, -0.2) is 47.3 Å². The SMILES string of the molecule is Cc1cn2c(C(=O)NCc3ccc(N4CCN(c5ccc(OC(F)(F)F)cc5)[C@@H](C)C4)c(F)c3)c(C)nc2s1. The van der Waals surface area contributed by atoms with E-state index >= 15 is 4.39 Å². The van der Waals surface area contributed by atoms with Crippen molar-refractivity contribution in [2.75, 3.05) is 29.4 Å². The molecule has 4 aromatic rings. The molecule has 1 fully saturated rings. The van der Waals surface area contributed by atoms with Gasteiger partial charge in [0.15, 0.2) is 4.96 Å². The topological polar surface area (TPSA) is 62.1 Å². The summed E-state index contributed by atoms with van der Waals surface area (Å²) in [5.41, 5.74) is 2.98. The second-order valence-electron chi connectivity index (χ2n) is 9.54. The minimum absolute atomic E-state index is 0.0111. The number of halogens is 4. The van der Waals surface area contributed by atoms with Crippen molar-refractivity contribution in [3.63, 3.8) is 0 Å². The summed E-state index contributed by atoms with van der Waals surface area (Å²) in [5.74, 6) is -0.927. The number of amides is 1. The lowest BCUT2D eigenvalue weighted by Crippen LogP contribution is -2.52. The maximum absolute atomic E-state index is 15.1. The summed E-state index contributed by atoms with van der Waals surface area (Å²) >= 11 is 1.51. The normalized spacial score (nSPS) is 16.1. The van der Waals surface area contributed by atoms with Gasteiger partial charge in [0.05, 0.1) is 11.4 Å². The fraction of sp³-hybridized carbons (Fsp3) is 0.333. The Kier molecular flexibility index (Phi) is 7.15. The van der Waals surface area contributed by atoms with Crippen molar-refractivity contribution in [1.29, 1.82) is 0 Å². The lowest BCUT2D eigenvalue weighted by Gasteiger charge is -2.42. The third-order valence-electron chi connectivity index (χ3n) is 6.67. The van der Waals surface area contributed by atoms with Gasteiger partial charge in [-0.3, -0.25) is 9.20 Å². The molecule has 7 nitrogen and oxygen atoms in total. The number of nitrogens with zero attached hydrogens (tertiary/aromatic N) is 4. The number of piperazine rings is 1. The smallest absolute Gasteiger partial charge is 0.406 e. The molecular formula is C27H27F4N5O2S. The molecule has 0 bridgehead atoms. The van der Waals surface area contributed by atoms with Crippen LogP contribution in [-0.2, 0) is 6.54 Å². The fourth-order valence-corrected chi connectivity index (χ4v) is 5.79. The molecular weight excluding hydrogens is 534 g/mol. The Morgan fingerprint density at radius 1 is 1.15 bits per heavy atom. The molecule has 1 saturated heterocycles. The first-order valence-electron chi connectivity index (χ1n) is 12.4. The average molecular weight is 562 g/mol. The fourth-order valence-electron chi connectivity index (χ4n) is 4.92. The van der Waals surface area contributed by atoms with Crippen molar-refractivity contribution < 1.29 is 27.1 Å². The second-order valence-corrected chi connectivity index (χ2v) is 10.8.